The Morgan fingerprint density at radius 3 is 2.47 bits per heavy atom. The monoisotopic (exact) mass is 686 g/mol. The lowest BCUT2D eigenvalue weighted by molar-refractivity contribution is 0.0510. The summed E-state index contributed by atoms with van der Waals surface area (Å²) in [5.41, 5.74) is 3.88. The van der Waals surface area contributed by atoms with Crippen molar-refractivity contribution in [3.8, 4) is 17.1 Å². The third-order valence-corrected chi connectivity index (χ3v) is 9.15. The number of ether oxygens (including phenoxy) is 2. The quantitative estimate of drug-likeness (QED) is 0.224. The van der Waals surface area contributed by atoms with Crippen LogP contribution in [-0.2, 0) is 21.3 Å². The van der Waals surface area contributed by atoms with Crippen molar-refractivity contribution in [2.75, 3.05) is 16.6 Å². The average Bonchev–Trinajstić information content (AvgIpc) is 3.01. The molecule has 13 heteroatoms. The normalized spacial score (nSPS) is 16.0. The number of benzene rings is 2. The van der Waals surface area contributed by atoms with Gasteiger partial charge in [-0.05, 0) is 81.0 Å². The largest absolute Gasteiger partial charge is 0.475 e. The van der Waals surface area contributed by atoms with Gasteiger partial charge in [0, 0.05) is 23.4 Å². The molecule has 5 rings (SSSR count). The molecule has 2 aromatic heterocycles. The van der Waals surface area contributed by atoms with Crippen LogP contribution in [0.4, 0.5) is 16.4 Å². The Morgan fingerprint density at radius 1 is 1.06 bits per heavy atom. The van der Waals surface area contributed by atoms with Gasteiger partial charge in [0.15, 0.2) is 0 Å². The molecule has 2 amide bonds. The number of pyridine rings is 1. The number of nitrogens with zero attached hydrogens (tertiary/aromatic N) is 4. The molecule has 2 aromatic carbocycles. The van der Waals surface area contributed by atoms with Crippen LogP contribution in [0.5, 0.6) is 5.88 Å². The summed E-state index contributed by atoms with van der Waals surface area (Å²) in [6.45, 7) is 13.6. The van der Waals surface area contributed by atoms with Gasteiger partial charge in [-0.3, -0.25) is 15.1 Å². The maximum Gasteiger partial charge on any atom is 0.411 e. The van der Waals surface area contributed by atoms with Gasteiger partial charge in [-0.25, -0.2) is 22.9 Å². The number of rotatable bonds is 6. The van der Waals surface area contributed by atoms with E-state index < -0.39 is 28.1 Å². The van der Waals surface area contributed by atoms with Gasteiger partial charge in [0.1, 0.15) is 6.61 Å². The molecule has 3 heterocycles. The fourth-order valence-electron chi connectivity index (χ4n) is 5.74. The van der Waals surface area contributed by atoms with E-state index >= 15 is 0 Å². The second-order valence-corrected chi connectivity index (χ2v) is 15.2. The van der Waals surface area contributed by atoms with Gasteiger partial charge < -0.3 is 14.4 Å². The molecule has 0 fully saturated rings. The highest BCUT2D eigenvalue weighted by molar-refractivity contribution is 7.92. The second kappa shape index (κ2) is 14.2. The Kier molecular flexibility index (Phi) is 10.2. The van der Waals surface area contributed by atoms with Crippen LogP contribution >= 0.6 is 0 Å². The lowest BCUT2D eigenvalue weighted by Gasteiger charge is -2.36. The first-order chi connectivity index (χ1) is 23.1. The average molecular weight is 687 g/mol. The molecule has 0 unspecified atom stereocenters. The summed E-state index contributed by atoms with van der Waals surface area (Å²) in [5.74, 6) is -0.461. The number of hydrogen-bond donors (Lipinski definition) is 2. The first-order valence-corrected chi connectivity index (χ1v) is 17.5. The predicted molar refractivity (Wildman–Crippen MR) is 187 cm³/mol. The zero-order valence-corrected chi connectivity index (χ0v) is 29.6. The molecular formula is C36H42N6O6S. The molecule has 4 bridgehead atoms. The topological polar surface area (TPSA) is 153 Å². The Bertz CT molecular complexity index is 1950. The second-order valence-electron chi connectivity index (χ2n) is 13.6. The highest BCUT2D eigenvalue weighted by Gasteiger charge is 2.32. The fraction of sp³-hybridized carbons (Fsp3) is 0.361. The van der Waals surface area contributed by atoms with Gasteiger partial charge >= 0.3 is 6.09 Å². The summed E-state index contributed by atoms with van der Waals surface area (Å²) < 4.78 is 41.5. The number of hydrogen-bond acceptors (Lipinski definition) is 9. The minimum Gasteiger partial charge on any atom is -0.475 e. The first-order valence-electron chi connectivity index (χ1n) is 16.0. The Hall–Kier alpha value is -5.04. The summed E-state index contributed by atoms with van der Waals surface area (Å²) in [7, 11) is -4.23. The molecule has 1 aliphatic heterocycles. The number of nitrogens with one attached hydrogen (secondary N) is 2. The van der Waals surface area contributed by atoms with Crippen LogP contribution in [0.15, 0.2) is 71.8 Å². The molecule has 0 saturated carbocycles. The minimum atomic E-state index is -4.23. The van der Waals surface area contributed by atoms with Crippen molar-refractivity contribution in [2.24, 2.45) is 5.41 Å². The molecule has 1 aliphatic rings. The summed E-state index contributed by atoms with van der Waals surface area (Å²) in [6, 6.07) is 16.2. The third-order valence-electron chi connectivity index (χ3n) is 7.82. The van der Waals surface area contributed by atoms with E-state index in [4.69, 9.17) is 9.47 Å². The first kappa shape index (κ1) is 35.3. The van der Waals surface area contributed by atoms with Gasteiger partial charge in [-0.1, -0.05) is 45.0 Å². The third kappa shape index (κ3) is 8.71. The Morgan fingerprint density at radius 2 is 1.78 bits per heavy atom. The SMILES string of the molecule is Cc1cccc(C)c1-c1cc2nc(n1)NS(=O)(=O)c1cccc(c1)C(=O)N(Cc1ncccc1NC(=O)OC(C)C)[C@H](CC(C)(C)C)CO2. The molecule has 258 valence electrons. The van der Waals surface area contributed by atoms with Crippen LogP contribution in [0.1, 0.15) is 68.2 Å². The van der Waals surface area contributed by atoms with Crippen LogP contribution < -0.4 is 14.8 Å². The van der Waals surface area contributed by atoms with Gasteiger partial charge in [-0.15, -0.1) is 0 Å². The zero-order chi connectivity index (χ0) is 35.5. The van der Waals surface area contributed by atoms with E-state index in [2.05, 4.69) is 45.8 Å². The zero-order valence-electron chi connectivity index (χ0n) is 28.8. The highest BCUT2D eigenvalue weighted by atomic mass is 32.2. The standard InChI is InChI=1S/C36H42N6O6S/c1-22(2)48-35(44)39-28-15-10-16-37-30(28)20-42-26(19-36(5,6)7)21-47-31-18-29(32-23(3)11-8-12-24(32)4)38-34(40-31)41-49(45,46)27-14-9-13-25(17-27)33(42)43/h8-18,22,26H,19-21H2,1-7H3,(H,39,44)(H,38,40,41)/t26-/m1/s1. The maximum absolute atomic E-state index is 14.5. The van der Waals surface area contributed by atoms with Crippen molar-refractivity contribution in [2.45, 2.75) is 78.5 Å². The molecule has 1 atom stereocenters. The van der Waals surface area contributed by atoms with E-state index in [1.807, 2.05) is 32.0 Å². The number of aromatic nitrogens is 3. The van der Waals surface area contributed by atoms with Gasteiger partial charge in [0.05, 0.1) is 40.7 Å². The number of aryl methyl sites for hydroxylation is 2. The molecule has 0 aliphatic carbocycles. The number of carbonyl (C=O) groups excluding carboxylic acids is 2. The molecule has 12 nitrogen and oxygen atoms in total. The van der Waals surface area contributed by atoms with E-state index in [9.17, 15) is 18.0 Å². The summed E-state index contributed by atoms with van der Waals surface area (Å²) in [6.07, 6.45) is 1.08. The number of carbonyl (C=O) groups is 2. The van der Waals surface area contributed by atoms with Crippen molar-refractivity contribution >= 4 is 33.7 Å². The van der Waals surface area contributed by atoms with Crippen molar-refractivity contribution in [3.63, 3.8) is 0 Å². The minimum absolute atomic E-state index is 0.0169. The molecule has 0 saturated heterocycles. The summed E-state index contributed by atoms with van der Waals surface area (Å²) >= 11 is 0. The predicted octanol–water partition coefficient (Wildman–Crippen LogP) is 6.75. The van der Waals surface area contributed by atoms with E-state index in [-0.39, 0.29) is 47.0 Å². The Balaban J connectivity index is 1.65. The number of anilines is 2. The fourth-order valence-corrected chi connectivity index (χ4v) is 6.73. The van der Waals surface area contributed by atoms with Crippen LogP contribution in [0.3, 0.4) is 0 Å². The van der Waals surface area contributed by atoms with Crippen molar-refractivity contribution in [1.29, 1.82) is 0 Å². The molecule has 0 radical (unpaired) electrons. The van der Waals surface area contributed by atoms with Crippen molar-refractivity contribution in [1.82, 2.24) is 19.9 Å². The summed E-state index contributed by atoms with van der Waals surface area (Å²) in [4.78, 5) is 42.1. The highest BCUT2D eigenvalue weighted by Crippen LogP contribution is 2.32. The van der Waals surface area contributed by atoms with E-state index in [0.717, 1.165) is 16.7 Å². The van der Waals surface area contributed by atoms with E-state index in [1.54, 1.807) is 49.2 Å². The van der Waals surface area contributed by atoms with Crippen LogP contribution in [-0.4, -0.2) is 59.0 Å². The smallest absolute Gasteiger partial charge is 0.411 e. The Labute approximate surface area is 287 Å². The van der Waals surface area contributed by atoms with Crippen LogP contribution in [0, 0.1) is 19.3 Å². The maximum atomic E-state index is 14.5. The molecular weight excluding hydrogens is 644 g/mol. The van der Waals surface area contributed by atoms with Gasteiger partial charge in [0.2, 0.25) is 11.8 Å². The van der Waals surface area contributed by atoms with E-state index in [1.165, 1.54) is 18.2 Å². The number of amides is 2. The van der Waals surface area contributed by atoms with Crippen LogP contribution in [0.2, 0.25) is 0 Å². The van der Waals surface area contributed by atoms with Crippen molar-refractivity contribution in [3.05, 3.63) is 89.2 Å². The summed E-state index contributed by atoms with van der Waals surface area (Å²) in [5, 5.41) is 2.74. The van der Waals surface area contributed by atoms with Gasteiger partial charge in [0.25, 0.3) is 15.9 Å². The molecule has 2 N–H and O–H groups in total. The molecule has 49 heavy (non-hydrogen) atoms. The molecule has 4 aromatic rings. The van der Waals surface area contributed by atoms with Gasteiger partial charge in [-0.2, -0.15) is 4.98 Å². The molecule has 0 spiro atoms. The van der Waals surface area contributed by atoms with Crippen molar-refractivity contribution < 1.29 is 27.5 Å². The number of fused-ring (bicyclic) bond motifs is 4. The number of sulfonamides is 1. The van der Waals surface area contributed by atoms with Crippen LogP contribution in [0.25, 0.3) is 11.3 Å². The van der Waals surface area contributed by atoms with E-state index in [0.29, 0.717) is 23.5 Å². The lowest BCUT2D eigenvalue weighted by atomic mass is 9.87. The lowest BCUT2D eigenvalue weighted by Crippen LogP contribution is -2.45.